The molecule has 0 bridgehead atoms. The van der Waals surface area contributed by atoms with E-state index in [1.54, 1.807) is 0 Å². The number of hydrogen-bond donors (Lipinski definition) is 1. The molecule has 1 aliphatic rings. The number of aliphatic hydroxyl groups is 1. The van der Waals surface area contributed by atoms with Crippen LogP contribution in [0.4, 0.5) is 0 Å². The highest BCUT2D eigenvalue weighted by atomic mass is 32.2. The highest BCUT2D eigenvalue weighted by Crippen LogP contribution is 2.44. The molecule has 0 aromatic carbocycles. The van der Waals surface area contributed by atoms with Crippen molar-refractivity contribution in [2.24, 2.45) is 0 Å². The molecule has 0 amide bonds. The summed E-state index contributed by atoms with van der Waals surface area (Å²) in [7, 11) is 0. The Morgan fingerprint density at radius 1 is 1.64 bits per heavy atom. The number of rotatable bonds is 3. The van der Waals surface area contributed by atoms with Gasteiger partial charge in [0, 0.05) is 4.75 Å². The van der Waals surface area contributed by atoms with Gasteiger partial charge in [-0.2, -0.15) is 11.8 Å². The van der Waals surface area contributed by atoms with Crippen LogP contribution >= 0.6 is 11.8 Å². The molecule has 0 aliphatic heterocycles. The standard InChI is InChI=1S/C9H16OS/c1-8(7-10)6-9(11-2)4-3-5-9/h6,10H,3-5,7H2,1-2H3/b8-6-. The topological polar surface area (TPSA) is 20.2 Å². The fourth-order valence-electron chi connectivity index (χ4n) is 1.43. The lowest BCUT2D eigenvalue weighted by atomic mass is 9.83. The zero-order valence-corrected chi connectivity index (χ0v) is 8.08. The zero-order chi connectivity index (χ0) is 8.32. The van der Waals surface area contributed by atoms with Gasteiger partial charge in [0.15, 0.2) is 0 Å². The van der Waals surface area contributed by atoms with Crippen LogP contribution in [-0.2, 0) is 0 Å². The highest BCUT2D eigenvalue weighted by Gasteiger charge is 2.33. The van der Waals surface area contributed by atoms with E-state index in [4.69, 9.17) is 5.11 Å². The average Bonchev–Trinajstić information content (AvgIpc) is 1.96. The zero-order valence-electron chi connectivity index (χ0n) is 7.26. The lowest BCUT2D eigenvalue weighted by Gasteiger charge is -2.38. The van der Waals surface area contributed by atoms with Crippen molar-refractivity contribution >= 4 is 11.8 Å². The van der Waals surface area contributed by atoms with Crippen LogP contribution in [0, 0.1) is 0 Å². The van der Waals surface area contributed by atoms with Crippen LogP contribution in [0.5, 0.6) is 0 Å². The van der Waals surface area contributed by atoms with Crippen molar-refractivity contribution in [3.63, 3.8) is 0 Å². The van der Waals surface area contributed by atoms with Gasteiger partial charge in [-0.15, -0.1) is 0 Å². The summed E-state index contributed by atoms with van der Waals surface area (Å²) in [5.74, 6) is 0. The van der Waals surface area contributed by atoms with E-state index in [0.717, 1.165) is 5.57 Å². The first-order valence-electron chi connectivity index (χ1n) is 4.07. The van der Waals surface area contributed by atoms with Crippen molar-refractivity contribution in [3.05, 3.63) is 11.6 Å². The van der Waals surface area contributed by atoms with Gasteiger partial charge in [0.25, 0.3) is 0 Å². The molecule has 64 valence electrons. The van der Waals surface area contributed by atoms with Crippen LogP contribution in [0.3, 0.4) is 0 Å². The van der Waals surface area contributed by atoms with Crippen molar-refractivity contribution in [1.82, 2.24) is 0 Å². The minimum Gasteiger partial charge on any atom is -0.392 e. The predicted octanol–water partition coefficient (Wildman–Crippen LogP) is 2.21. The fraction of sp³-hybridized carbons (Fsp3) is 0.778. The predicted molar refractivity (Wildman–Crippen MR) is 50.9 cm³/mol. The van der Waals surface area contributed by atoms with Crippen LogP contribution in [0.2, 0.25) is 0 Å². The molecule has 0 heterocycles. The van der Waals surface area contributed by atoms with Crippen molar-refractivity contribution in [2.75, 3.05) is 12.9 Å². The Kier molecular flexibility index (Phi) is 3.02. The monoisotopic (exact) mass is 172 g/mol. The first kappa shape index (κ1) is 9.14. The molecular formula is C9H16OS. The molecule has 1 aliphatic carbocycles. The van der Waals surface area contributed by atoms with Gasteiger partial charge >= 0.3 is 0 Å². The largest absolute Gasteiger partial charge is 0.392 e. The second-order valence-electron chi connectivity index (χ2n) is 3.27. The van der Waals surface area contributed by atoms with E-state index >= 15 is 0 Å². The highest BCUT2D eigenvalue weighted by molar-refractivity contribution is 8.00. The molecule has 2 heteroatoms. The maximum atomic E-state index is 8.84. The molecule has 11 heavy (non-hydrogen) atoms. The Bertz CT molecular complexity index is 153. The average molecular weight is 172 g/mol. The summed E-state index contributed by atoms with van der Waals surface area (Å²) < 4.78 is 0.382. The van der Waals surface area contributed by atoms with Gasteiger partial charge in [0.1, 0.15) is 0 Å². The minimum absolute atomic E-state index is 0.211. The molecule has 0 aromatic rings. The van der Waals surface area contributed by atoms with Crippen LogP contribution in [-0.4, -0.2) is 22.7 Å². The van der Waals surface area contributed by atoms with E-state index in [9.17, 15) is 0 Å². The number of aliphatic hydroxyl groups excluding tert-OH is 1. The van der Waals surface area contributed by atoms with Crippen LogP contribution in [0.1, 0.15) is 26.2 Å². The van der Waals surface area contributed by atoms with Gasteiger partial charge in [-0.25, -0.2) is 0 Å². The van der Waals surface area contributed by atoms with Crippen LogP contribution in [0.25, 0.3) is 0 Å². The third-order valence-electron chi connectivity index (χ3n) is 2.37. The molecule has 0 unspecified atom stereocenters. The van der Waals surface area contributed by atoms with Gasteiger partial charge in [0.2, 0.25) is 0 Å². The van der Waals surface area contributed by atoms with E-state index in [2.05, 4.69) is 12.3 Å². The van der Waals surface area contributed by atoms with E-state index < -0.39 is 0 Å². The summed E-state index contributed by atoms with van der Waals surface area (Å²) >= 11 is 1.92. The molecular weight excluding hydrogens is 156 g/mol. The SMILES string of the molecule is CSC1(/C=C(/C)CO)CCC1. The molecule has 1 fully saturated rings. The first-order chi connectivity index (χ1) is 5.22. The summed E-state index contributed by atoms with van der Waals surface area (Å²) in [6.07, 6.45) is 8.30. The van der Waals surface area contributed by atoms with Gasteiger partial charge in [-0.3, -0.25) is 0 Å². The molecule has 1 saturated carbocycles. The first-order valence-corrected chi connectivity index (χ1v) is 5.29. The molecule has 0 atom stereocenters. The van der Waals surface area contributed by atoms with Crippen molar-refractivity contribution in [3.8, 4) is 0 Å². The van der Waals surface area contributed by atoms with Crippen molar-refractivity contribution < 1.29 is 5.11 Å². The second kappa shape index (κ2) is 3.63. The third-order valence-corrected chi connectivity index (χ3v) is 3.70. The Balaban J connectivity index is 2.56. The molecule has 1 N–H and O–H groups in total. The Labute approximate surface area is 72.9 Å². The van der Waals surface area contributed by atoms with E-state index in [-0.39, 0.29) is 6.61 Å². The van der Waals surface area contributed by atoms with Crippen LogP contribution in [0.15, 0.2) is 11.6 Å². The molecule has 0 radical (unpaired) electrons. The molecule has 0 spiro atoms. The quantitative estimate of drug-likeness (QED) is 0.659. The lowest BCUT2D eigenvalue weighted by Crippen LogP contribution is -2.30. The molecule has 1 rings (SSSR count). The molecule has 0 aromatic heterocycles. The second-order valence-corrected chi connectivity index (χ2v) is 4.49. The van der Waals surface area contributed by atoms with Gasteiger partial charge in [0.05, 0.1) is 6.61 Å². The molecule has 0 saturated heterocycles. The van der Waals surface area contributed by atoms with E-state index in [0.29, 0.717) is 4.75 Å². The number of thioether (sulfide) groups is 1. The normalized spacial score (nSPS) is 23.0. The summed E-state index contributed by atoms with van der Waals surface area (Å²) in [6, 6.07) is 0. The van der Waals surface area contributed by atoms with Gasteiger partial charge < -0.3 is 5.11 Å². The Morgan fingerprint density at radius 3 is 2.55 bits per heavy atom. The lowest BCUT2D eigenvalue weighted by molar-refractivity contribution is 0.328. The minimum atomic E-state index is 0.211. The maximum absolute atomic E-state index is 8.84. The number of hydrogen-bond acceptors (Lipinski definition) is 2. The maximum Gasteiger partial charge on any atom is 0.0639 e. The Morgan fingerprint density at radius 2 is 2.27 bits per heavy atom. The summed E-state index contributed by atoms with van der Waals surface area (Å²) in [5.41, 5.74) is 1.11. The molecule has 1 nitrogen and oxygen atoms in total. The van der Waals surface area contributed by atoms with Crippen molar-refractivity contribution in [1.29, 1.82) is 0 Å². The van der Waals surface area contributed by atoms with E-state index in [1.807, 2.05) is 18.7 Å². The van der Waals surface area contributed by atoms with Gasteiger partial charge in [-0.05, 0) is 26.0 Å². The summed E-state index contributed by atoms with van der Waals surface area (Å²) in [4.78, 5) is 0. The summed E-state index contributed by atoms with van der Waals surface area (Å²) in [6.45, 7) is 2.21. The fourth-order valence-corrected chi connectivity index (χ4v) is 2.44. The van der Waals surface area contributed by atoms with Crippen LogP contribution < -0.4 is 0 Å². The smallest absolute Gasteiger partial charge is 0.0639 e. The third kappa shape index (κ3) is 2.00. The Hall–Kier alpha value is 0.0500. The van der Waals surface area contributed by atoms with Crippen molar-refractivity contribution in [2.45, 2.75) is 30.9 Å². The summed E-state index contributed by atoms with van der Waals surface area (Å²) in [5, 5.41) is 8.84. The van der Waals surface area contributed by atoms with E-state index in [1.165, 1.54) is 19.3 Å². The van der Waals surface area contributed by atoms with Gasteiger partial charge in [-0.1, -0.05) is 18.1 Å².